The molecule has 0 unspecified atom stereocenters. The lowest BCUT2D eigenvalue weighted by Gasteiger charge is -2.18. The Morgan fingerprint density at radius 3 is 1.49 bits per heavy atom. The number of fused-ring (bicyclic) bond motifs is 7. The molecule has 0 spiro atoms. The maximum absolute atomic E-state index is 6.17. The van der Waals surface area contributed by atoms with Gasteiger partial charge in [0.05, 0.1) is 12.6 Å². The summed E-state index contributed by atoms with van der Waals surface area (Å²) in [5.41, 5.74) is 11.9. The van der Waals surface area contributed by atoms with Gasteiger partial charge in [-0.3, -0.25) is 0 Å². The Hall–Kier alpha value is -7.23. The van der Waals surface area contributed by atoms with Crippen LogP contribution in [-0.2, 0) is 0 Å². The second-order valence-electron chi connectivity index (χ2n) is 14.3. The number of furan rings is 1. The number of methoxy groups -OCH3 is 1. The molecule has 0 aliphatic carbocycles. The zero-order valence-corrected chi connectivity index (χ0v) is 30.1. The van der Waals surface area contributed by atoms with Gasteiger partial charge in [0, 0.05) is 22.2 Å². The Bertz CT molecular complexity index is 3230. The van der Waals surface area contributed by atoms with Crippen molar-refractivity contribution >= 4 is 65.3 Å². The van der Waals surface area contributed by atoms with Gasteiger partial charge in [0.25, 0.3) is 0 Å². The standard InChI is InChI=1S/C52H33NO2/c1-54-41-26-27-42-47-29-40-25-24-39(30-48(40)53-52(47)55-49(42)31-41)34-16-21-36(22-17-34)51-45-12-6-4-10-43(45)50(44-11-5-7-13-46(44)51)35-19-14-33(15-20-35)38-23-18-32-8-2-3-9-37(32)28-38/h2-31H,1H3. The lowest BCUT2D eigenvalue weighted by Crippen LogP contribution is -1.91. The predicted molar refractivity (Wildman–Crippen MR) is 230 cm³/mol. The molecule has 0 aliphatic rings. The van der Waals surface area contributed by atoms with Crippen LogP contribution in [0.3, 0.4) is 0 Å². The largest absolute Gasteiger partial charge is 0.497 e. The van der Waals surface area contributed by atoms with Crippen LogP contribution in [0.2, 0.25) is 0 Å². The van der Waals surface area contributed by atoms with Crippen LogP contribution in [0, 0.1) is 0 Å². The summed E-state index contributed by atoms with van der Waals surface area (Å²) in [4.78, 5) is 4.95. The number of pyridine rings is 1. The first-order valence-electron chi connectivity index (χ1n) is 18.6. The summed E-state index contributed by atoms with van der Waals surface area (Å²) in [6.07, 6.45) is 0. The van der Waals surface area contributed by atoms with Crippen molar-refractivity contribution in [3.63, 3.8) is 0 Å². The molecule has 9 aromatic carbocycles. The molecule has 0 amide bonds. The number of benzene rings is 9. The predicted octanol–water partition coefficient (Wildman–Crippen LogP) is 14.3. The molecule has 258 valence electrons. The molecule has 0 fully saturated rings. The maximum Gasteiger partial charge on any atom is 0.227 e. The zero-order chi connectivity index (χ0) is 36.5. The highest BCUT2D eigenvalue weighted by Crippen LogP contribution is 2.44. The number of hydrogen-bond acceptors (Lipinski definition) is 3. The lowest BCUT2D eigenvalue weighted by molar-refractivity contribution is 0.414. The van der Waals surface area contributed by atoms with Crippen molar-refractivity contribution < 1.29 is 9.15 Å². The fourth-order valence-electron chi connectivity index (χ4n) is 8.42. The third kappa shape index (κ3) is 5.16. The van der Waals surface area contributed by atoms with E-state index in [9.17, 15) is 0 Å². The van der Waals surface area contributed by atoms with Crippen molar-refractivity contribution in [2.24, 2.45) is 0 Å². The number of rotatable bonds is 5. The van der Waals surface area contributed by atoms with Gasteiger partial charge in [0.1, 0.15) is 11.3 Å². The third-order valence-corrected chi connectivity index (χ3v) is 11.2. The van der Waals surface area contributed by atoms with E-state index >= 15 is 0 Å². The quantitative estimate of drug-likeness (QED) is 0.167. The topological polar surface area (TPSA) is 35.3 Å². The van der Waals surface area contributed by atoms with Gasteiger partial charge in [-0.15, -0.1) is 0 Å². The minimum Gasteiger partial charge on any atom is -0.497 e. The van der Waals surface area contributed by atoms with Crippen LogP contribution in [0.25, 0.3) is 110 Å². The molecule has 2 aromatic heterocycles. The van der Waals surface area contributed by atoms with Gasteiger partial charge in [-0.1, -0.05) is 146 Å². The van der Waals surface area contributed by atoms with Gasteiger partial charge >= 0.3 is 0 Å². The molecule has 0 atom stereocenters. The number of hydrogen-bond donors (Lipinski definition) is 0. The molecule has 0 bridgehead atoms. The summed E-state index contributed by atoms with van der Waals surface area (Å²) in [5, 5.41) is 10.6. The van der Waals surface area contributed by atoms with Gasteiger partial charge in [0.15, 0.2) is 0 Å². The summed E-state index contributed by atoms with van der Waals surface area (Å²) in [6.45, 7) is 0. The number of aromatic nitrogens is 1. The van der Waals surface area contributed by atoms with Crippen LogP contribution in [0.4, 0.5) is 0 Å². The van der Waals surface area contributed by atoms with E-state index in [0.29, 0.717) is 5.71 Å². The van der Waals surface area contributed by atoms with E-state index in [2.05, 4.69) is 164 Å². The van der Waals surface area contributed by atoms with Gasteiger partial charge in [0.2, 0.25) is 5.71 Å². The second-order valence-corrected chi connectivity index (χ2v) is 14.3. The first-order chi connectivity index (χ1) is 27.2. The SMILES string of the molecule is COc1ccc2c(c1)oc1nc3cc(-c4ccc(-c5c6ccccc6c(-c6ccc(-c7ccc8ccccc8c7)cc6)c6ccccc56)cc4)ccc3cc12. The Morgan fingerprint density at radius 2 is 0.891 bits per heavy atom. The van der Waals surface area contributed by atoms with Crippen molar-refractivity contribution in [3.05, 3.63) is 182 Å². The smallest absolute Gasteiger partial charge is 0.227 e. The van der Waals surface area contributed by atoms with Crippen molar-refractivity contribution in [2.45, 2.75) is 0 Å². The lowest BCUT2D eigenvalue weighted by atomic mass is 9.85. The van der Waals surface area contributed by atoms with Gasteiger partial charge < -0.3 is 9.15 Å². The van der Waals surface area contributed by atoms with E-state index in [0.717, 1.165) is 44.1 Å². The van der Waals surface area contributed by atoms with Crippen LogP contribution in [0.15, 0.2) is 186 Å². The van der Waals surface area contributed by atoms with E-state index < -0.39 is 0 Å². The normalized spacial score (nSPS) is 11.7. The number of nitrogens with zero attached hydrogens (tertiary/aromatic N) is 1. The summed E-state index contributed by atoms with van der Waals surface area (Å²) in [6, 6.07) is 65.5. The first kappa shape index (κ1) is 31.3. The monoisotopic (exact) mass is 703 g/mol. The molecule has 11 rings (SSSR count). The van der Waals surface area contributed by atoms with E-state index in [1.54, 1.807) is 7.11 Å². The average molecular weight is 704 g/mol. The van der Waals surface area contributed by atoms with Gasteiger partial charge in [-0.05, 0) is 107 Å². The van der Waals surface area contributed by atoms with Crippen LogP contribution in [0.5, 0.6) is 5.75 Å². The van der Waals surface area contributed by atoms with Crippen molar-refractivity contribution in [1.29, 1.82) is 0 Å². The second kappa shape index (κ2) is 12.4. The molecular weight excluding hydrogens is 671 g/mol. The molecule has 55 heavy (non-hydrogen) atoms. The molecule has 0 aliphatic heterocycles. The summed E-state index contributed by atoms with van der Waals surface area (Å²) in [7, 11) is 1.67. The first-order valence-corrected chi connectivity index (χ1v) is 18.6. The molecule has 0 N–H and O–H groups in total. The molecule has 11 aromatic rings. The fraction of sp³-hybridized carbons (Fsp3) is 0.0192. The summed E-state index contributed by atoms with van der Waals surface area (Å²) in [5.74, 6) is 0.765. The number of ether oxygens (including phenoxy) is 1. The van der Waals surface area contributed by atoms with Crippen LogP contribution < -0.4 is 4.74 Å². The Kier molecular flexibility index (Phi) is 7.08. The Labute approximate surface area is 317 Å². The van der Waals surface area contributed by atoms with E-state index in [-0.39, 0.29) is 0 Å². The summed E-state index contributed by atoms with van der Waals surface area (Å²) >= 11 is 0. The molecule has 2 heterocycles. The highest BCUT2D eigenvalue weighted by molar-refractivity contribution is 6.21. The average Bonchev–Trinajstić information content (AvgIpc) is 3.60. The molecule has 3 heteroatoms. The fourth-order valence-corrected chi connectivity index (χ4v) is 8.42. The highest BCUT2D eigenvalue weighted by Gasteiger charge is 2.17. The molecule has 3 nitrogen and oxygen atoms in total. The van der Waals surface area contributed by atoms with Crippen molar-refractivity contribution in [3.8, 4) is 50.3 Å². The molecule has 0 radical (unpaired) electrons. The van der Waals surface area contributed by atoms with Crippen LogP contribution >= 0.6 is 0 Å². The van der Waals surface area contributed by atoms with Crippen molar-refractivity contribution in [1.82, 2.24) is 4.98 Å². The van der Waals surface area contributed by atoms with E-state index in [1.807, 2.05) is 18.2 Å². The van der Waals surface area contributed by atoms with E-state index in [4.69, 9.17) is 14.1 Å². The third-order valence-electron chi connectivity index (χ3n) is 11.2. The van der Waals surface area contributed by atoms with Gasteiger partial charge in [-0.25, -0.2) is 4.98 Å². The Morgan fingerprint density at radius 1 is 0.382 bits per heavy atom. The molecular formula is C52H33NO2. The van der Waals surface area contributed by atoms with Crippen LogP contribution in [-0.4, -0.2) is 12.1 Å². The summed E-state index contributed by atoms with van der Waals surface area (Å²) < 4.78 is 11.6. The highest BCUT2D eigenvalue weighted by atomic mass is 16.5. The molecule has 0 saturated carbocycles. The molecule has 0 saturated heterocycles. The van der Waals surface area contributed by atoms with Crippen LogP contribution in [0.1, 0.15) is 0 Å². The minimum absolute atomic E-state index is 0.631. The zero-order valence-electron chi connectivity index (χ0n) is 30.1. The minimum atomic E-state index is 0.631. The van der Waals surface area contributed by atoms with E-state index in [1.165, 1.54) is 65.7 Å². The Balaban J connectivity index is 0.982. The van der Waals surface area contributed by atoms with Crippen molar-refractivity contribution in [2.75, 3.05) is 7.11 Å². The maximum atomic E-state index is 6.17. The van der Waals surface area contributed by atoms with Gasteiger partial charge in [-0.2, -0.15) is 0 Å².